The first-order chi connectivity index (χ1) is 14.4. The van der Waals surface area contributed by atoms with Gasteiger partial charge >= 0.3 is 0 Å². The second kappa shape index (κ2) is 9.51. The predicted molar refractivity (Wildman–Crippen MR) is 125 cm³/mol. The highest BCUT2D eigenvalue weighted by atomic mass is 16.3. The van der Waals surface area contributed by atoms with Gasteiger partial charge in [0.2, 0.25) is 0 Å². The summed E-state index contributed by atoms with van der Waals surface area (Å²) in [7, 11) is 0. The molecular formula is C27H44O4. The van der Waals surface area contributed by atoms with E-state index in [2.05, 4.69) is 32.6 Å². The molecule has 0 aromatic carbocycles. The molecule has 3 aliphatic rings. The van der Waals surface area contributed by atoms with E-state index in [1.54, 1.807) is 13.8 Å². The van der Waals surface area contributed by atoms with Crippen molar-refractivity contribution < 1.29 is 20.4 Å². The van der Waals surface area contributed by atoms with Crippen LogP contribution in [0.1, 0.15) is 85.5 Å². The third-order valence-corrected chi connectivity index (χ3v) is 8.70. The molecule has 0 heterocycles. The van der Waals surface area contributed by atoms with E-state index < -0.39 is 23.9 Å². The Labute approximate surface area is 188 Å². The summed E-state index contributed by atoms with van der Waals surface area (Å²) in [5, 5.41) is 40.5. The van der Waals surface area contributed by atoms with E-state index >= 15 is 0 Å². The van der Waals surface area contributed by atoms with Crippen molar-refractivity contribution in [2.75, 3.05) is 0 Å². The molecule has 4 heteroatoms. The fourth-order valence-corrected chi connectivity index (χ4v) is 6.65. The van der Waals surface area contributed by atoms with Crippen LogP contribution in [0.4, 0.5) is 0 Å². The zero-order valence-electron chi connectivity index (χ0n) is 20.0. The average molecular weight is 433 g/mol. The van der Waals surface area contributed by atoms with Crippen LogP contribution in [-0.2, 0) is 0 Å². The lowest BCUT2D eigenvalue weighted by molar-refractivity contribution is -0.0554. The summed E-state index contributed by atoms with van der Waals surface area (Å²) < 4.78 is 0. The lowest BCUT2D eigenvalue weighted by atomic mass is 9.60. The van der Waals surface area contributed by atoms with Gasteiger partial charge in [-0.3, -0.25) is 0 Å². The maximum Gasteiger partial charge on any atom is 0.0849 e. The quantitative estimate of drug-likeness (QED) is 0.491. The zero-order valence-corrected chi connectivity index (χ0v) is 20.0. The van der Waals surface area contributed by atoms with E-state index in [-0.39, 0.29) is 5.41 Å². The van der Waals surface area contributed by atoms with Crippen LogP contribution < -0.4 is 0 Å². The molecule has 0 unspecified atom stereocenters. The highest BCUT2D eigenvalue weighted by molar-refractivity contribution is 5.38. The van der Waals surface area contributed by atoms with Crippen LogP contribution in [0.3, 0.4) is 0 Å². The van der Waals surface area contributed by atoms with Gasteiger partial charge in [-0.2, -0.15) is 0 Å². The molecule has 4 nitrogen and oxygen atoms in total. The van der Waals surface area contributed by atoms with Crippen LogP contribution >= 0.6 is 0 Å². The molecule has 0 spiro atoms. The molecular weight excluding hydrogens is 388 g/mol. The van der Waals surface area contributed by atoms with Gasteiger partial charge in [-0.15, -0.1) is 0 Å². The van der Waals surface area contributed by atoms with Crippen molar-refractivity contribution in [1.29, 1.82) is 0 Å². The normalized spacial score (nSPS) is 39.0. The van der Waals surface area contributed by atoms with Crippen LogP contribution in [0.5, 0.6) is 0 Å². The number of allylic oxidation sites excluding steroid dienone is 3. The molecule has 0 amide bonds. The zero-order chi connectivity index (χ0) is 23.0. The Morgan fingerprint density at radius 3 is 2.58 bits per heavy atom. The van der Waals surface area contributed by atoms with Gasteiger partial charge in [-0.1, -0.05) is 38.2 Å². The Kier molecular flexibility index (Phi) is 7.57. The van der Waals surface area contributed by atoms with Gasteiger partial charge in [0.05, 0.1) is 23.9 Å². The lowest BCUT2D eigenvalue weighted by Crippen LogP contribution is -2.38. The van der Waals surface area contributed by atoms with Gasteiger partial charge < -0.3 is 20.4 Å². The largest absolute Gasteiger partial charge is 0.393 e. The van der Waals surface area contributed by atoms with Crippen LogP contribution in [0.2, 0.25) is 0 Å². The molecule has 4 N–H and O–H groups in total. The molecule has 0 aliphatic heterocycles. The van der Waals surface area contributed by atoms with Gasteiger partial charge in [-0.05, 0) is 99.5 Å². The summed E-state index contributed by atoms with van der Waals surface area (Å²) in [5.41, 5.74) is 2.48. The van der Waals surface area contributed by atoms with E-state index in [1.165, 1.54) is 31.3 Å². The highest BCUT2D eigenvalue weighted by Gasteiger charge is 2.50. The number of hydrogen-bond donors (Lipinski definition) is 4. The van der Waals surface area contributed by atoms with E-state index in [0.717, 1.165) is 24.0 Å². The lowest BCUT2D eigenvalue weighted by Gasteiger charge is -2.44. The summed E-state index contributed by atoms with van der Waals surface area (Å²) in [6, 6.07) is 0. The Bertz CT molecular complexity index is 715. The molecule has 31 heavy (non-hydrogen) atoms. The molecule has 3 rings (SSSR count). The summed E-state index contributed by atoms with van der Waals surface area (Å²) in [5.74, 6) is 1.74. The van der Waals surface area contributed by atoms with Crippen molar-refractivity contribution in [3.05, 3.63) is 35.5 Å². The molecule has 0 aromatic heterocycles. The molecule has 0 aromatic rings. The third-order valence-electron chi connectivity index (χ3n) is 8.70. The van der Waals surface area contributed by atoms with Gasteiger partial charge in [-0.25, -0.2) is 0 Å². The topological polar surface area (TPSA) is 80.9 Å². The van der Waals surface area contributed by atoms with Crippen LogP contribution in [0.25, 0.3) is 0 Å². The van der Waals surface area contributed by atoms with Gasteiger partial charge in [0.1, 0.15) is 0 Å². The van der Waals surface area contributed by atoms with E-state index in [4.69, 9.17) is 0 Å². The van der Waals surface area contributed by atoms with E-state index in [9.17, 15) is 20.4 Å². The van der Waals surface area contributed by atoms with Crippen molar-refractivity contribution in [3.63, 3.8) is 0 Å². The first-order valence-corrected chi connectivity index (χ1v) is 12.3. The molecule has 3 saturated carbocycles. The maximum absolute atomic E-state index is 10.3. The van der Waals surface area contributed by atoms with Crippen LogP contribution in [-0.4, -0.2) is 44.3 Å². The van der Waals surface area contributed by atoms with Crippen molar-refractivity contribution in [2.45, 2.75) is 109 Å². The molecule has 7 atom stereocenters. The number of aliphatic hydroxyl groups excluding tert-OH is 3. The number of fused-ring (bicyclic) bond motifs is 1. The van der Waals surface area contributed by atoms with Crippen molar-refractivity contribution in [3.8, 4) is 0 Å². The van der Waals surface area contributed by atoms with Crippen molar-refractivity contribution in [2.24, 2.45) is 23.2 Å². The second-order valence-electron chi connectivity index (χ2n) is 11.4. The van der Waals surface area contributed by atoms with Crippen molar-refractivity contribution >= 4 is 0 Å². The third kappa shape index (κ3) is 5.35. The summed E-state index contributed by atoms with van der Waals surface area (Å²) in [6.07, 6.45) is 11.1. The molecule has 176 valence electrons. The first-order valence-electron chi connectivity index (χ1n) is 12.3. The highest BCUT2D eigenvalue weighted by Crippen LogP contribution is 2.60. The Morgan fingerprint density at radius 1 is 1.19 bits per heavy atom. The molecule has 0 radical (unpaired) electrons. The Balaban J connectivity index is 1.71. The van der Waals surface area contributed by atoms with E-state index in [1.807, 2.05) is 0 Å². The minimum Gasteiger partial charge on any atom is -0.393 e. The van der Waals surface area contributed by atoms with E-state index in [0.29, 0.717) is 37.0 Å². The maximum atomic E-state index is 10.3. The van der Waals surface area contributed by atoms with Crippen molar-refractivity contribution in [1.82, 2.24) is 0 Å². The fraction of sp³-hybridized carbons (Fsp3) is 0.778. The first kappa shape index (κ1) is 24.7. The average Bonchev–Trinajstić information content (AvgIpc) is 3.04. The van der Waals surface area contributed by atoms with Gasteiger partial charge in [0, 0.05) is 6.42 Å². The number of rotatable bonds is 6. The fourth-order valence-electron chi connectivity index (χ4n) is 6.65. The Hall–Kier alpha value is -0.940. The number of aliphatic hydroxyl groups is 4. The summed E-state index contributed by atoms with van der Waals surface area (Å²) in [6.45, 7) is 12.2. The minimum atomic E-state index is -1.04. The van der Waals surface area contributed by atoms with Gasteiger partial charge in [0.25, 0.3) is 0 Å². The smallest absolute Gasteiger partial charge is 0.0849 e. The second-order valence-corrected chi connectivity index (χ2v) is 11.4. The number of hydrogen-bond acceptors (Lipinski definition) is 4. The standard InChI is InChI=1S/C27H44O4/c1-17(8-13-25(30)26(3,4)31)22-11-12-23-19(7-6-14-27(22,23)5)9-10-20-15-21(28)16-24(29)18(20)2/h9-10,17,21-25,28-31H,2,6-8,11-16H2,1,3-5H3/b19-9-,20-10-/t17-,21-,22-,23-,24-,25+,27-/m1/s1. The minimum absolute atomic E-state index is 0.282. The molecule has 0 bridgehead atoms. The summed E-state index contributed by atoms with van der Waals surface area (Å²) in [4.78, 5) is 0. The Morgan fingerprint density at radius 2 is 1.90 bits per heavy atom. The predicted octanol–water partition coefficient (Wildman–Crippen LogP) is 4.68. The van der Waals surface area contributed by atoms with Gasteiger partial charge in [0.15, 0.2) is 0 Å². The molecule has 3 fully saturated rings. The molecule has 0 saturated heterocycles. The van der Waals surface area contributed by atoms with Crippen LogP contribution in [0, 0.1) is 23.2 Å². The molecule has 3 aliphatic carbocycles. The SMILES string of the molecule is C=C1/C(=C\C=C2\CCC[C@@]3(C)[C@@H]2CC[C@@H]3[C@H](C)CC[C@H](O)C(C)(C)O)C[C@@H](O)C[C@H]1O. The summed E-state index contributed by atoms with van der Waals surface area (Å²) >= 11 is 0. The monoisotopic (exact) mass is 432 g/mol. The van der Waals surface area contributed by atoms with Crippen LogP contribution in [0.15, 0.2) is 35.5 Å².